The van der Waals surface area contributed by atoms with E-state index in [0.717, 1.165) is 31.5 Å². The molecule has 1 aromatic heterocycles. The van der Waals surface area contributed by atoms with Crippen molar-refractivity contribution >= 4 is 17.7 Å². The quantitative estimate of drug-likeness (QED) is 0.736. The summed E-state index contributed by atoms with van der Waals surface area (Å²) < 4.78 is 1.93. The lowest BCUT2D eigenvalue weighted by Gasteiger charge is -2.14. The number of hydrogen-bond acceptors (Lipinski definition) is 4. The Bertz CT molecular complexity index is 387. The van der Waals surface area contributed by atoms with E-state index in [0.29, 0.717) is 11.1 Å². The number of hydrogen-bond donors (Lipinski definition) is 1. The summed E-state index contributed by atoms with van der Waals surface area (Å²) in [5.74, 6) is 0.601. The van der Waals surface area contributed by atoms with E-state index >= 15 is 0 Å². The highest BCUT2D eigenvalue weighted by molar-refractivity contribution is 7.99. The van der Waals surface area contributed by atoms with Crippen molar-refractivity contribution in [1.29, 1.82) is 0 Å². The molecule has 0 radical (unpaired) electrons. The summed E-state index contributed by atoms with van der Waals surface area (Å²) in [6.45, 7) is 4.33. The topological polar surface area (TPSA) is 68.0 Å². The second kappa shape index (κ2) is 7.41. The molecule has 0 bridgehead atoms. The first kappa shape index (κ1) is 15.0. The van der Waals surface area contributed by atoms with Gasteiger partial charge in [0.1, 0.15) is 5.82 Å². The Morgan fingerprint density at radius 1 is 1.33 bits per heavy atom. The normalized spacial score (nSPS) is 11.1. The Morgan fingerprint density at radius 3 is 2.44 bits per heavy atom. The van der Waals surface area contributed by atoms with Gasteiger partial charge in [0.2, 0.25) is 0 Å². The average molecular weight is 271 g/mol. The van der Waals surface area contributed by atoms with Gasteiger partial charge in [-0.3, -0.25) is 4.79 Å². The zero-order valence-electron chi connectivity index (χ0n) is 11.2. The molecule has 1 rings (SSSR count). The maximum atomic E-state index is 10.6. The molecule has 0 aromatic carbocycles. The number of carboxylic acids is 1. The Morgan fingerprint density at radius 2 is 1.94 bits per heavy atom. The molecule has 0 aliphatic rings. The van der Waals surface area contributed by atoms with Gasteiger partial charge in [-0.2, -0.15) is 0 Å². The standard InChI is InChI=1S/C12H21N3O2S/c1-4-6-9(7-5-2)11-13-14-12(15(11)3)18-8-10(16)17/h9H,4-8H2,1-3H3,(H,16,17). The summed E-state index contributed by atoms with van der Waals surface area (Å²) in [4.78, 5) is 10.6. The molecule has 0 unspecified atom stereocenters. The maximum absolute atomic E-state index is 10.6. The van der Waals surface area contributed by atoms with Crippen LogP contribution in [0.5, 0.6) is 0 Å². The number of rotatable bonds is 8. The van der Waals surface area contributed by atoms with Gasteiger partial charge in [0, 0.05) is 13.0 Å². The fourth-order valence-electron chi connectivity index (χ4n) is 2.03. The van der Waals surface area contributed by atoms with Crippen molar-refractivity contribution in [2.45, 2.75) is 50.6 Å². The van der Waals surface area contributed by atoms with E-state index in [1.165, 1.54) is 11.8 Å². The lowest BCUT2D eigenvalue weighted by Crippen LogP contribution is -2.07. The minimum absolute atomic E-state index is 0.0260. The Kier molecular flexibility index (Phi) is 6.18. The summed E-state index contributed by atoms with van der Waals surface area (Å²) in [6, 6.07) is 0. The van der Waals surface area contributed by atoms with E-state index in [-0.39, 0.29) is 5.75 Å². The van der Waals surface area contributed by atoms with Crippen molar-refractivity contribution in [3.63, 3.8) is 0 Å². The molecule has 0 aliphatic heterocycles. The van der Waals surface area contributed by atoms with Crippen LogP contribution in [0.25, 0.3) is 0 Å². The second-order valence-corrected chi connectivity index (χ2v) is 5.30. The molecular weight excluding hydrogens is 250 g/mol. The van der Waals surface area contributed by atoms with Gasteiger partial charge in [-0.1, -0.05) is 38.5 Å². The van der Waals surface area contributed by atoms with Crippen LogP contribution in [0.1, 0.15) is 51.3 Å². The van der Waals surface area contributed by atoms with Gasteiger partial charge < -0.3 is 9.67 Å². The van der Waals surface area contributed by atoms with Gasteiger partial charge in [-0.05, 0) is 12.8 Å². The highest BCUT2D eigenvalue weighted by atomic mass is 32.2. The van der Waals surface area contributed by atoms with Crippen LogP contribution >= 0.6 is 11.8 Å². The first-order chi connectivity index (χ1) is 8.60. The summed E-state index contributed by atoms with van der Waals surface area (Å²) in [6.07, 6.45) is 4.44. The SMILES string of the molecule is CCCC(CCC)c1nnc(SCC(=O)O)n1C. The minimum Gasteiger partial charge on any atom is -0.481 e. The average Bonchev–Trinajstić information content (AvgIpc) is 2.68. The van der Waals surface area contributed by atoms with E-state index in [9.17, 15) is 4.79 Å². The van der Waals surface area contributed by atoms with Gasteiger partial charge in [0.25, 0.3) is 0 Å². The van der Waals surface area contributed by atoms with Crippen molar-refractivity contribution in [2.75, 3.05) is 5.75 Å². The summed E-state index contributed by atoms with van der Waals surface area (Å²) >= 11 is 1.22. The van der Waals surface area contributed by atoms with Crippen LogP contribution in [0, 0.1) is 0 Å². The van der Waals surface area contributed by atoms with E-state index in [2.05, 4.69) is 24.0 Å². The van der Waals surface area contributed by atoms with Crippen LogP contribution in [-0.4, -0.2) is 31.6 Å². The summed E-state index contributed by atoms with van der Waals surface area (Å²) in [5, 5.41) is 17.7. The first-order valence-corrected chi connectivity index (χ1v) is 7.32. The zero-order valence-corrected chi connectivity index (χ0v) is 12.0. The van der Waals surface area contributed by atoms with Crippen molar-refractivity contribution in [1.82, 2.24) is 14.8 Å². The lowest BCUT2D eigenvalue weighted by atomic mass is 9.97. The van der Waals surface area contributed by atoms with Gasteiger partial charge >= 0.3 is 5.97 Å². The first-order valence-electron chi connectivity index (χ1n) is 6.34. The molecule has 0 amide bonds. The number of aliphatic carboxylic acids is 1. The van der Waals surface area contributed by atoms with Crippen LogP contribution < -0.4 is 0 Å². The molecule has 1 aromatic rings. The van der Waals surface area contributed by atoms with Gasteiger partial charge in [0.05, 0.1) is 5.75 Å². The lowest BCUT2D eigenvalue weighted by molar-refractivity contribution is -0.133. The fraction of sp³-hybridized carbons (Fsp3) is 0.750. The highest BCUT2D eigenvalue weighted by Gasteiger charge is 2.18. The van der Waals surface area contributed by atoms with Crippen LogP contribution in [0.4, 0.5) is 0 Å². The monoisotopic (exact) mass is 271 g/mol. The van der Waals surface area contributed by atoms with Crippen LogP contribution in [0.3, 0.4) is 0 Å². The van der Waals surface area contributed by atoms with Gasteiger partial charge in [0.15, 0.2) is 5.16 Å². The Hall–Kier alpha value is -1.04. The number of aromatic nitrogens is 3. The maximum Gasteiger partial charge on any atom is 0.313 e. The van der Waals surface area contributed by atoms with E-state index in [1.807, 2.05) is 11.6 Å². The van der Waals surface area contributed by atoms with Crippen molar-refractivity contribution in [2.24, 2.45) is 7.05 Å². The van der Waals surface area contributed by atoms with Crippen LogP contribution in [-0.2, 0) is 11.8 Å². The molecule has 1 heterocycles. The fourth-order valence-corrected chi connectivity index (χ4v) is 2.67. The molecule has 1 N–H and O–H groups in total. The van der Waals surface area contributed by atoms with Gasteiger partial charge in [-0.15, -0.1) is 10.2 Å². The predicted molar refractivity (Wildman–Crippen MR) is 71.9 cm³/mol. The number of carboxylic acid groups (broad SMARTS) is 1. The van der Waals surface area contributed by atoms with E-state index in [1.54, 1.807) is 0 Å². The van der Waals surface area contributed by atoms with Crippen molar-refractivity contribution in [3.8, 4) is 0 Å². The number of nitrogens with zero attached hydrogens (tertiary/aromatic N) is 3. The zero-order chi connectivity index (χ0) is 13.5. The Balaban J connectivity index is 2.79. The minimum atomic E-state index is -0.830. The molecule has 0 spiro atoms. The van der Waals surface area contributed by atoms with Crippen LogP contribution in [0.15, 0.2) is 5.16 Å². The third kappa shape index (κ3) is 4.01. The highest BCUT2D eigenvalue weighted by Crippen LogP contribution is 2.27. The van der Waals surface area contributed by atoms with Crippen molar-refractivity contribution in [3.05, 3.63) is 5.82 Å². The molecule has 0 saturated carbocycles. The molecule has 0 saturated heterocycles. The molecule has 0 aliphatic carbocycles. The summed E-state index contributed by atoms with van der Waals surface area (Å²) in [5.41, 5.74) is 0. The smallest absolute Gasteiger partial charge is 0.313 e. The predicted octanol–water partition coefficient (Wildman–Crippen LogP) is 2.68. The third-order valence-corrected chi connectivity index (χ3v) is 3.84. The molecule has 18 heavy (non-hydrogen) atoms. The molecule has 6 heteroatoms. The van der Waals surface area contributed by atoms with E-state index < -0.39 is 5.97 Å². The van der Waals surface area contributed by atoms with Gasteiger partial charge in [-0.25, -0.2) is 0 Å². The number of carbonyl (C=O) groups is 1. The second-order valence-electron chi connectivity index (χ2n) is 4.36. The molecule has 102 valence electrons. The van der Waals surface area contributed by atoms with E-state index in [4.69, 9.17) is 5.11 Å². The van der Waals surface area contributed by atoms with Crippen molar-refractivity contribution < 1.29 is 9.90 Å². The molecule has 5 nitrogen and oxygen atoms in total. The number of thioether (sulfide) groups is 1. The van der Waals surface area contributed by atoms with Crippen LogP contribution in [0.2, 0.25) is 0 Å². The molecular formula is C12H21N3O2S. The molecule has 0 atom stereocenters. The summed E-state index contributed by atoms with van der Waals surface area (Å²) in [7, 11) is 1.91. The molecule has 0 fully saturated rings. The largest absolute Gasteiger partial charge is 0.481 e. The Labute approximate surface area is 112 Å². The third-order valence-electron chi connectivity index (χ3n) is 2.83.